The van der Waals surface area contributed by atoms with Gasteiger partial charge in [-0.1, -0.05) is 37.0 Å². The van der Waals surface area contributed by atoms with Crippen LogP contribution in [-0.2, 0) is 47.0 Å². The van der Waals surface area contributed by atoms with E-state index in [9.17, 15) is 33.4 Å². The molecule has 1 saturated heterocycles. The van der Waals surface area contributed by atoms with Gasteiger partial charge in [0.05, 0.1) is 19.7 Å². The molecule has 6 rings (SSSR count). The molecule has 0 unspecified atom stereocenters. The molecule has 1 aromatic rings. The van der Waals surface area contributed by atoms with Crippen molar-refractivity contribution in [3.63, 3.8) is 0 Å². The summed E-state index contributed by atoms with van der Waals surface area (Å²) in [5, 5.41) is 2.30. The standard InChI is InChI=1S/C35H46FN5O9S/c1-34(2,3)50-32(45)37-27-13-8-6-4-5-7-11-22-17-35(22,31(44)39-51(47,48)24-14-15-24)38-29(42)28-16-23(19-41(28)30(27)43)49-33(46)40-18-21-10-9-12-26(36)25(21)20-40/h7,9-12,22-24,27-28H,4-6,8,13-20H2,1-3H3,(H,37,45)(H,38,42)(H,39,44)/b11-7+/t22-,23-,27+,28+,35+/m1/s1/i1D3,2D3,3D3,4D2,5D2,6D2,8D2,13D2,27D. The van der Waals surface area contributed by atoms with Gasteiger partial charge in [0.2, 0.25) is 21.8 Å². The second kappa shape index (κ2) is 14.1. The summed E-state index contributed by atoms with van der Waals surface area (Å²) in [6, 6.07) is -3.09. The Bertz CT molecular complexity index is 2500. The van der Waals surface area contributed by atoms with E-state index in [1.54, 1.807) is 4.72 Å². The minimum absolute atomic E-state index is 0.0867. The number of carbonyl (C=O) groups excluding carboxylic acids is 5. The van der Waals surface area contributed by atoms with Crippen LogP contribution in [0.15, 0.2) is 30.4 Å². The van der Waals surface area contributed by atoms with Crippen LogP contribution < -0.4 is 15.4 Å². The minimum atomic E-state index is -4.89. The van der Waals surface area contributed by atoms with Gasteiger partial charge in [0.15, 0.2) is 0 Å². The normalized spacial score (nSPS) is 41.9. The Morgan fingerprint density at radius 2 is 1.94 bits per heavy atom. The fourth-order valence-corrected chi connectivity index (χ4v) is 7.33. The van der Waals surface area contributed by atoms with Gasteiger partial charge in [-0.3, -0.25) is 24.0 Å². The monoisotopic (exact) mass is 751 g/mol. The summed E-state index contributed by atoms with van der Waals surface area (Å²) in [5.74, 6) is -7.56. The van der Waals surface area contributed by atoms with E-state index in [0.29, 0.717) is 5.56 Å². The minimum Gasteiger partial charge on any atom is -0.444 e. The maximum absolute atomic E-state index is 15.2. The van der Waals surface area contributed by atoms with Gasteiger partial charge in [0, 0.05) is 50.5 Å². The number of amides is 5. The first kappa shape index (κ1) is 19.0. The van der Waals surface area contributed by atoms with E-state index in [0.717, 1.165) is 22.4 Å². The third-order valence-corrected chi connectivity index (χ3v) is 10.5. The molecular weight excluding hydrogens is 685 g/mol. The lowest BCUT2D eigenvalue weighted by molar-refractivity contribution is -0.141. The molecule has 3 aliphatic heterocycles. The summed E-state index contributed by atoms with van der Waals surface area (Å²) < 4.78 is 220. The Kier molecular flexibility index (Phi) is 5.25. The number of rotatable bonds is 5. The van der Waals surface area contributed by atoms with Crippen molar-refractivity contribution in [3.05, 3.63) is 47.3 Å². The number of alkyl carbamates (subject to hydrolysis) is 1. The third kappa shape index (κ3) is 8.31. The quantitative estimate of drug-likeness (QED) is 0.381. The van der Waals surface area contributed by atoms with Crippen LogP contribution in [0, 0.1) is 11.7 Å². The zero-order valence-corrected chi connectivity index (χ0v) is 27.3. The first-order valence-corrected chi connectivity index (χ1v) is 17.1. The molecule has 3 heterocycles. The van der Waals surface area contributed by atoms with Crippen molar-refractivity contribution in [1.82, 2.24) is 25.2 Å². The van der Waals surface area contributed by atoms with Crippen molar-refractivity contribution in [2.75, 3.05) is 6.54 Å². The van der Waals surface area contributed by atoms with E-state index < -0.39 is 158 Å². The number of hydrogen-bond donors (Lipinski definition) is 3. The number of hydrogen-bond acceptors (Lipinski definition) is 9. The van der Waals surface area contributed by atoms with Gasteiger partial charge < -0.3 is 25.0 Å². The molecule has 0 spiro atoms. The molecule has 2 aliphatic carbocycles. The number of sulfonamides is 1. The van der Waals surface area contributed by atoms with Crippen molar-refractivity contribution in [2.45, 2.75) is 126 Å². The van der Waals surface area contributed by atoms with E-state index in [4.69, 9.17) is 30.8 Å². The van der Waals surface area contributed by atoms with Crippen LogP contribution >= 0.6 is 0 Å². The van der Waals surface area contributed by atoms with Crippen LogP contribution in [0.1, 0.15) is 117 Å². The number of nitrogens with one attached hydrogen (secondary N) is 3. The summed E-state index contributed by atoms with van der Waals surface area (Å²) in [5.41, 5.74) is -6.60. The number of benzene rings is 1. The van der Waals surface area contributed by atoms with Gasteiger partial charge in [-0.2, -0.15) is 0 Å². The Morgan fingerprint density at radius 3 is 2.67 bits per heavy atom. The SMILES string of the molecule is [2H]C([2H])([2H])C(OC(=O)N[C@]1([2H])C(=O)N2C[C@H](OC(=O)N3Cc4cccc(F)c4C3)C[C@H]2C(=O)N[C@@]2(C(=O)NS(=O)(=O)C3CC3)C[C@H]2/C=C/C([2H])([2H])C([2H])([2H])C([2H])([2H])C([2H])([2H])C1([2H])[2H])(C([2H])([2H])[2H])C([2H])([2H])[2H]. The molecule has 5 amide bonds. The molecular formula is C35H46FN5O9S. The molecule has 2 saturated carbocycles. The first-order chi connectivity index (χ1) is 31.9. The molecule has 14 nitrogen and oxygen atoms in total. The lowest BCUT2D eigenvalue weighted by Gasteiger charge is -2.30. The first-order valence-electron chi connectivity index (χ1n) is 25.5. The molecule has 3 fully saturated rings. The number of carbonyl (C=O) groups is 5. The fraction of sp³-hybridized carbons (Fsp3) is 0.629. The van der Waals surface area contributed by atoms with Gasteiger partial charge in [-0.15, -0.1) is 0 Å². The predicted molar refractivity (Wildman–Crippen MR) is 180 cm³/mol. The Balaban J connectivity index is 1.53. The highest BCUT2D eigenvalue weighted by Gasteiger charge is 2.62. The average Bonchev–Trinajstić information content (AvgIpc) is 4.10. The zero-order valence-electron chi connectivity index (χ0n) is 46.5. The molecule has 1 aromatic carbocycles. The average molecular weight is 752 g/mol. The topological polar surface area (TPSA) is 181 Å². The van der Waals surface area contributed by atoms with Crippen LogP contribution in [0.25, 0.3) is 0 Å². The second-order valence-electron chi connectivity index (χ2n) is 12.5. The molecule has 5 atom stereocenters. The number of nitrogens with zero attached hydrogens (tertiary/aromatic N) is 2. The van der Waals surface area contributed by atoms with Crippen LogP contribution in [0.3, 0.4) is 0 Å². The number of halogens is 1. The molecule has 278 valence electrons. The fourth-order valence-electron chi connectivity index (χ4n) is 5.97. The zero-order chi connectivity index (χ0) is 54.1. The van der Waals surface area contributed by atoms with E-state index in [-0.39, 0.29) is 42.5 Å². The summed E-state index contributed by atoms with van der Waals surface area (Å²) in [4.78, 5) is 72.3. The molecule has 5 aliphatic rings. The molecule has 0 bridgehead atoms. The van der Waals surface area contributed by atoms with E-state index >= 15 is 4.79 Å². The summed E-state index contributed by atoms with van der Waals surface area (Å²) in [7, 11) is -4.44. The van der Waals surface area contributed by atoms with Gasteiger partial charge in [-0.05, 0) is 70.6 Å². The Labute approximate surface area is 325 Å². The maximum atomic E-state index is 15.2. The number of allylic oxidation sites excluding steroid dienone is 1. The van der Waals surface area contributed by atoms with Crippen molar-refractivity contribution < 1.29 is 73.7 Å². The van der Waals surface area contributed by atoms with E-state index in [1.165, 1.54) is 12.1 Å². The van der Waals surface area contributed by atoms with Crippen LogP contribution in [0.5, 0.6) is 0 Å². The smallest absolute Gasteiger partial charge is 0.410 e. The highest BCUT2D eigenvalue weighted by atomic mass is 32.2. The molecule has 0 radical (unpaired) electrons. The lowest BCUT2D eigenvalue weighted by Crippen LogP contribution is -2.58. The highest BCUT2D eigenvalue weighted by molar-refractivity contribution is 7.91. The van der Waals surface area contributed by atoms with Gasteiger partial charge in [-0.25, -0.2) is 22.4 Å². The molecule has 3 N–H and O–H groups in total. The van der Waals surface area contributed by atoms with Crippen LogP contribution in [-0.4, -0.2) is 89.2 Å². The van der Waals surface area contributed by atoms with Gasteiger partial charge >= 0.3 is 12.2 Å². The second-order valence-corrected chi connectivity index (χ2v) is 14.4. The maximum Gasteiger partial charge on any atom is 0.410 e. The Morgan fingerprint density at radius 1 is 1.16 bits per heavy atom. The highest BCUT2D eigenvalue weighted by Crippen LogP contribution is 2.46. The Hall–Kier alpha value is -4.21. The number of fused-ring (bicyclic) bond motifs is 3. The summed E-state index contributed by atoms with van der Waals surface area (Å²) in [6.07, 6.45) is -28.6. The summed E-state index contributed by atoms with van der Waals surface area (Å²) in [6.45, 7) is -14.9. The number of ether oxygens (including phenoxy) is 2. The van der Waals surface area contributed by atoms with Gasteiger partial charge in [0.25, 0.3) is 5.91 Å². The van der Waals surface area contributed by atoms with Crippen molar-refractivity contribution in [1.29, 1.82) is 0 Å². The molecule has 16 heteroatoms. The van der Waals surface area contributed by atoms with Gasteiger partial charge in [0.1, 0.15) is 35.1 Å². The van der Waals surface area contributed by atoms with Crippen LogP contribution in [0.4, 0.5) is 14.0 Å². The molecule has 0 aromatic heterocycles. The van der Waals surface area contributed by atoms with Crippen molar-refractivity contribution >= 4 is 39.9 Å². The van der Waals surface area contributed by atoms with E-state index in [1.807, 2.05) is 0 Å². The largest absolute Gasteiger partial charge is 0.444 e. The molecule has 51 heavy (non-hydrogen) atoms. The van der Waals surface area contributed by atoms with Crippen LogP contribution in [0.2, 0.25) is 0 Å². The lowest BCUT2D eigenvalue weighted by atomic mass is 10.0. The van der Waals surface area contributed by atoms with Crippen molar-refractivity contribution in [2.24, 2.45) is 5.92 Å². The summed E-state index contributed by atoms with van der Waals surface area (Å²) >= 11 is 0. The predicted octanol–water partition coefficient (Wildman–Crippen LogP) is 3.14. The van der Waals surface area contributed by atoms with E-state index in [2.05, 4.69) is 10.1 Å². The van der Waals surface area contributed by atoms with Crippen molar-refractivity contribution in [3.8, 4) is 0 Å². The third-order valence-electron chi connectivity index (χ3n) is 8.73.